The van der Waals surface area contributed by atoms with Crippen molar-refractivity contribution in [2.24, 2.45) is 0 Å². The Morgan fingerprint density at radius 3 is 2.62 bits per heavy atom. The van der Waals surface area contributed by atoms with Gasteiger partial charge in [-0.05, 0) is 29.8 Å². The lowest BCUT2D eigenvalue weighted by Gasteiger charge is -1.99. The van der Waals surface area contributed by atoms with Gasteiger partial charge in [-0.2, -0.15) is 0 Å². The summed E-state index contributed by atoms with van der Waals surface area (Å²) in [5, 5.41) is 9.08. The van der Waals surface area contributed by atoms with Gasteiger partial charge >= 0.3 is 11.9 Å². The first-order chi connectivity index (χ1) is 7.52. The zero-order chi connectivity index (χ0) is 12.1. The second kappa shape index (κ2) is 5.32. The Balaban J connectivity index is 3.01. The summed E-state index contributed by atoms with van der Waals surface area (Å²) < 4.78 is 4.40. The van der Waals surface area contributed by atoms with Gasteiger partial charge in [0.15, 0.2) is 0 Å². The van der Waals surface area contributed by atoms with E-state index in [1.165, 1.54) is 31.4 Å². The Morgan fingerprint density at radius 2 is 2.06 bits per heavy atom. The van der Waals surface area contributed by atoms with Crippen molar-refractivity contribution in [3.05, 3.63) is 40.4 Å². The molecule has 16 heavy (non-hydrogen) atoms. The number of carbonyl (C=O) groups excluding carboxylic acids is 1. The number of hydrogen-bond acceptors (Lipinski definition) is 3. The SMILES string of the molecule is COC(=O)C=Cc1cc(Cl)cc(C(=O)O)c1. The van der Waals surface area contributed by atoms with E-state index in [2.05, 4.69) is 4.74 Å². The van der Waals surface area contributed by atoms with Crippen LogP contribution in [0.15, 0.2) is 24.3 Å². The summed E-state index contributed by atoms with van der Waals surface area (Å²) in [6.07, 6.45) is 2.63. The molecule has 1 rings (SSSR count). The van der Waals surface area contributed by atoms with E-state index >= 15 is 0 Å². The monoisotopic (exact) mass is 240 g/mol. The van der Waals surface area contributed by atoms with Crippen molar-refractivity contribution in [2.45, 2.75) is 0 Å². The van der Waals surface area contributed by atoms with Gasteiger partial charge < -0.3 is 9.84 Å². The normalized spacial score (nSPS) is 10.4. The first-order valence-corrected chi connectivity index (χ1v) is 4.70. The highest BCUT2D eigenvalue weighted by atomic mass is 35.5. The number of carbonyl (C=O) groups is 2. The van der Waals surface area contributed by atoms with Crippen molar-refractivity contribution in [1.82, 2.24) is 0 Å². The highest BCUT2D eigenvalue weighted by Gasteiger charge is 2.04. The van der Waals surface area contributed by atoms with Crippen LogP contribution in [-0.4, -0.2) is 24.2 Å². The van der Waals surface area contributed by atoms with Gasteiger partial charge in [0.1, 0.15) is 0 Å². The number of rotatable bonds is 3. The average Bonchev–Trinajstić information content (AvgIpc) is 2.25. The fraction of sp³-hybridized carbons (Fsp3) is 0.0909. The number of esters is 1. The number of ether oxygens (including phenoxy) is 1. The maximum absolute atomic E-state index is 10.8. The molecular formula is C11H9ClO4. The smallest absolute Gasteiger partial charge is 0.335 e. The van der Waals surface area contributed by atoms with Crippen molar-refractivity contribution in [2.75, 3.05) is 7.11 Å². The van der Waals surface area contributed by atoms with Crippen molar-refractivity contribution < 1.29 is 19.4 Å². The maximum Gasteiger partial charge on any atom is 0.335 e. The summed E-state index contributed by atoms with van der Waals surface area (Å²) in [6.45, 7) is 0. The lowest BCUT2D eigenvalue weighted by atomic mass is 10.1. The summed E-state index contributed by atoms with van der Waals surface area (Å²) in [5.41, 5.74) is 0.590. The van der Waals surface area contributed by atoms with E-state index in [0.717, 1.165) is 0 Å². The van der Waals surface area contributed by atoms with E-state index < -0.39 is 11.9 Å². The van der Waals surface area contributed by atoms with E-state index in [0.29, 0.717) is 10.6 Å². The second-order valence-electron chi connectivity index (χ2n) is 2.93. The molecule has 1 N–H and O–H groups in total. The fourth-order valence-corrected chi connectivity index (χ4v) is 1.31. The second-order valence-corrected chi connectivity index (χ2v) is 3.37. The highest BCUT2D eigenvalue weighted by molar-refractivity contribution is 6.31. The van der Waals surface area contributed by atoms with Gasteiger partial charge in [-0.25, -0.2) is 9.59 Å². The third kappa shape index (κ3) is 3.40. The molecule has 0 amide bonds. The van der Waals surface area contributed by atoms with E-state index in [9.17, 15) is 9.59 Å². The minimum atomic E-state index is -1.07. The molecule has 0 unspecified atom stereocenters. The summed E-state index contributed by atoms with van der Waals surface area (Å²) in [4.78, 5) is 21.6. The molecule has 0 saturated carbocycles. The number of methoxy groups -OCH3 is 1. The Labute approximate surface area is 97.1 Å². The molecule has 0 atom stereocenters. The van der Waals surface area contributed by atoms with E-state index in [-0.39, 0.29) is 5.56 Å². The topological polar surface area (TPSA) is 63.6 Å². The molecule has 0 aromatic heterocycles. The van der Waals surface area contributed by atoms with Gasteiger partial charge in [0.25, 0.3) is 0 Å². The molecule has 1 aromatic carbocycles. The molecule has 5 heteroatoms. The molecule has 0 aliphatic rings. The summed E-state index contributed by atoms with van der Waals surface area (Å²) in [7, 11) is 1.26. The van der Waals surface area contributed by atoms with Crippen LogP contribution in [0.3, 0.4) is 0 Å². The van der Waals surface area contributed by atoms with Crippen molar-refractivity contribution in [1.29, 1.82) is 0 Å². The number of halogens is 1. The number of benzene rings is 1. The summed E-state index contributed by atoms with van der Waals surface area (Å²) in [6, 6.07) is 4.29. The van der Waals surface area contributed by atoms with Gasteiger partial charge in [-0.15, -0.1) is 0 Å². The first kappa shape index (κ1) is 12.3. The van der Waals surface area contributed by atoms with E-state index in [1.807, 2.05) is 0 Å². The van der Waals surface area contributed by atoms with Crippen LogP contribution in [0.1, 0.15) is 15.9 Å². The average molecular weight is 241 g/mol. The van der Waals surface area contributed by atoms with Crippen LogP contribution >= 0.6 is 11.6 Å². The Bertz CT molecular complexity index is 451. The van der Waals surface area contributed by atoms with Crippen LogP contribution in [-0.2, 0) is 9.53 Å². The van der Waals surface area contributed by atoms with E-state index in [4.69, 9.17) is 16.7 Å². The van der Waals surface area contributed by atoms with Crippen molar-refractivity contribution in [3.63, 3.8) is 0 Å². The van der Waals surface area contributed by atoms with Crippen molar-refractivity contribution >= 4 is 29.6 Å². The Hall–Kier alpha value is -1.81. The van der Waals surface area contributed by atoms with Gasteiger partial charge in [-0.3, -0.25) is 0 Å². The Kier molecular flexibility index (Phi) is 4.08. The predicted molar refractivity (Wildman–Crippen MR) is 59.5 cm³/mol. The van der Waals surface area contributed by atoms with Crippen LogP contribution in [0, 0.1) is 0 Å². The van der Waals surface area contributed by atoms with Crippen molar-refractivity contribution in [3.8, 4) is 0 Å². The first-order valence-electron chi connectivity index (χ1n) is 4.33. The number of aromatic carboxylic acids is 1. The molecule has 4 nitrogen and oxygen atoms in total. The largest absolute Gasteiger partial charge is 0.478 e. The van der Waals surface area contributed by atoms with Crippen LogP contribution in [0.5, 0.6) is 0 Å². The number of carboxylic acid groups (broad SMARTS) is 1. The van der Waals surface area contributed by atoms with Crippen LogP contribution in [0.4, 0.5) is 0 Å². The maximum atomic E-state index is 10.8. The summed E-state index contributed by atoms with van der Waals surface area (Å²) >= 11 is 5.73. The molecule has 0 saturated heterocycles. The van der Waals surface area contributed by atoms with Gasteiger partial charge in [0.2, 0.25) is 0 Å². The predicted octanol–water partition coefficient (Wildman–Crippen LogP) is 2.22. The number of hydrogen-bond donors (Lipinski definition) is 1. The molecule has 0 aliphatic heterocycles. The molecule has 0 bridgehead atoms. The molecular weight excluding hydrogens is 232 g/mol. The van der Waals surface area contributed by atoms with Gasteiger partial charge in [0.05, 0.1) is 12.7 Å². The molecule has 0 heterocycles. The molecule has 84 valence electrons. The minimum absolute atomic E-state index is 0.0667. The third-order valence-electron chi connectivity index (χ3n) is 1.78. The Morgan fingerprint density at radius 1 is 1.38 bits per heavy atom. The van der Waals surface area contributed by atoms with Gasteiger partial charge in [0, 0.05) is 11.1 Å². The molecule has 1 aromatic rings. The summed E-state index contributed by atoms with van der Waals surface area (Å²) in [5.74, 6) is -1.59. The van der Waals surface area contributed by atoms with Crippen LogP contribution in [0.2, 0.25) is 5.02 Å². The lowest BCUT2D eigenvalue weighted by Crippen LogP contribution is -1.97. The zero-order valence-electron chi connectivity index (χ0n) is 8.44. The zero-order valence-corrected chi connectivity index (χ0v) is 9.19. The van der Waals surface area contributed by atoms with E-state index in [1.54, 1.807) is 6.07 Å². The third-order valence-corrected chi connectivity index (χ3v) is 2.00. The quantitative estimate of drug-likeness (QED) is 0.650. The van der Waals surface area contributed by atoms with Gasteiger partial charge in [-0.1, -0.05) is 11.6 Å². The fourth-order valence-electron chi connectivity index (χ4n) is 1.06. The molecule has 0 radical (unpaired) electrons. The number of carboxylic acids is 1. The minimum Gasteiger partial charge on any atom is -0.478 e. The highest BCUT2D eigenvalue weighted by Crippen LogP contribution is 2.16. The van der Waals surface area contributed by atoms with Crippen LogP contribution < -0.4 is 0 Å². The lowest BCUT2D eigenvalue weighted by molar-refractivity contribution is -0.134. The molecule has 0 spiro atoms. The molecule has 0 fully saturated rings. The molecule has 0 aliphatic carbocycles. The standard InChI is InChI=1S/C11H9ClO4/c1-16-10(13)3-2-7-4-8(11(14)15)6-9(12)5-7/h2-6H,1H3,(H,14,15). The van der Waals surface area contributed by atoms with Crippen LogP contribution in [0.25, 0.3) is 6.08 Å².